The van der Waals surface area contributed by atoms with E-state index < -0.39 is 35.6 Å². The van der Waals surface area contributed by atoms with Crippen LogP contribution < -0.4 is 11.2 Å². The molecule has 4 aromatic rings. The summed E-state index contributed by atoms with van der Waals surface area (Å²) in [4.78, 5) is 49.5. The Bertz CT molecular complexity index is 1550. The molecule has 1 N–H and O–H groups in total. The molecule has 0 atom stereocenters. The van der Waals surface area contributed by atoms with Crippen molar-refractivity contribution in [2.24, 2.45) is 0 Å². The Labute approximate surface area is 209 Å². The molecular formula is C25H24N4O8. The SMILES string of the molecule is COC(=O)c1cn(CCc2ccc([N+](=O)[O-])cc2)c2c1c(=O)n(COCc1ccccc1)c(=O)n2CO. The van der Waals surface area contributed by atoms with Crippen LogP contribution in [0.15, 0.2) is 70.4 Å². The van der Waals surface area contributed by atoms with Crippen LogP contribution in [0.25, 0.3) is 11.0 Å². The lowest BCUT2D eigenvalue weighted by Gasteiger charge is -2.13. The minimum absolute atomic E-state index is 0.0488. The van der Waals surface area contributed by atoms with E-state index in [0.717, 1.165) is 20.3 Å². The average molecular weight is 508 g/mol. The predicted octanol–water partition coefficient (Wildman–Crippen LogP) is 2.03. The van der Waals surface area contributed by atoms with Crippen molar-refractivity contribution < 1.29 is 24.3 Å². The third-order valence-corrected chi connectivity index (χ3v) is 5.89. The smallest absolute Gasteiger partial charge is 0.340 e. The van der Waals surface area contributed by atoms with Gasteiger partial charge < -0.3 is 19.1 Å². The van der Waals surface area contributed by atoms with E-state index in [0.29, 0.717) is 6.42 Å². The van der Waals surface area contributed by atoms with Crippen molar-refractivity contribution in [3.8, 4) is 0 Å². The van der Waals surface area contributed by atoms with Gasteiger partial charge in [-0.1, -0.05) is 42.5 Å². The second-order valence-corrected chi connectivity index (χ2v) is 8.15. The quantitative estimate of drug-likeness (QED) is 0.194. The number of aryl methyl sites for hydroxylation is 2. The molecule has 0 saturated heterocycles. The molecule has 192 valence electrons. The van der Waals surface area contributed by atoms with Gasteiger partial charge in [-0.25, -0.2) is 14.2 Å². The van der Waals surface area contributed by atoms with Gasteiger partial charge in [0, 0.05) is 24.9 Å². The van der Waals surface area contributed by atoms with E-state index in [9.17, 15) is 29.6 Å². The number of hydrogen-bond donors (Lipinski definition) is 1. The molecule has 12 nitrogen and oxygen atoms in total. The second kappa shape index (κ2) is 11.0. The lowest BCUT2D eigenvalue weighted by molar-refractivity contribution is -0.384. The fourth-order valence-corrected chi connectivity index (χ4v) is 4.04. The molecule has 0 bridgehead atoms. The van der Waals surface area contributed by atoms with Gasteiger partial charge in [0.25, 0.3) is 11.2 Å². The normalized spacial score (nSPS) is 11.1. The number of rotatable bonds is 10. The summed E-state index contributed by atoms with van der Waals surface area (Å²) < 4.78 is 13.7. The number of nitrogens with zero attached hydrogens (tertiary/aromatic N) is 4. The maximum atomic E-state index is 13.4. The Morgan fingerprint density at radius 2 is 1.73 bits per heavy atom. The third kappa shape index (κ3) is 5.20. The number of aliphatic hydroxyl groups is 1. The minimum Gasteiger partial charge on any atom is -0.465 e. The highest BCUT2D eigenvalue weighted by molar-refractivity contribution is 6.03. The third-order valence-electron chi connectivity index (χ3n) is 5.89. The highest BCUT2D eigenvalue weighted by Crippen LogP contribution is 2.20. The molecule has 2 aromatic carbocycles. The Morgan fingerprint density at radius 1 is 1.03 bits per heavy atom. The number of aliphatic hydroxyl groups excluding tert-OH is 1. The highest BCUT2D eigenvalue weighted by atomic mass is 16.6. The number of ether oxygens (including phenoxy) is 2. The van der Waals surface area contributed by atoms with Crippen LogP contribution in [0.1, 0.15) is 21.5 Å². The number of hydrogen-bond acceptors (Lipinski definition) is 8. The van der Waals surface area contributed by atoms with Crippen molar-refractivity contribution in [3.63, 3.8) is 0 Å². The van der Waals surface area contributed by atoms with Crippen molar-refractivity contribution in [1.82, 2.24) is 13.7 Å². The lowest BCUT2D eigenvalue weighted by Crippen LogP contribution is -2.41. The molecule has 2 heterocycles. The maximum Gasteiger partial charge on any atom is 0.340 e. The summed E-state index contributed by atoms with van der Waals surface area (Å²) in [5, 5.41) is 20.8. The van der Waals surface area contributed by atoms with Gasteiger partial charge in [-0.3, -0.25) is 19.5 Å². The van der Waals surface area contributed by atoms with Gasteiger partial charge >= 0.3 is 11.7 Å². The van der Waals surface area contributed by atoms with Crippen LogP contribution in [0.2, 0.25) is 0 Å². The number of aromatic nitrogens is 3. The first-order valence-electron chi connectivity index (χ1n) is 11.3. The summed E-state index contributed by atoms with van der Waals surface area (Å²) >= 11 is 0. The van der Waals surface area contributed by atoms with Gasteiger partial charge in [-0.05, 0) is 17.5 Å². The maximum absolute atomic E-state index is 13.4. The first-order chi connectivity index (χ1) is 17.8. The van der Waals surface area contributed by atoms with Crippen LogP contribution in [0.5, 0.6) is 0 Å². The molecule has 0 aliphatic rings. The Morgan fingerprint density at radius 3 is 2.35 bits per heavy atom. The van der Waals surface area contributed by atoms with Crippen molar-refractivity contribution in [2.75, 3.05) is 7.11 Å². The van der Waals surface area contributed by atoms with E-state index in [1.807, 2.05) is 30.3 Å². The van der Waals surface area contributed by atoms with E-state index >= 15 is 0 Å². The van der Waals surface area contributed by atoms with Crippen molar-refractivity contribution in [1.29, 1.82) is 0 Å². The van der Waals surface area contributed by atoms with Crippen LogP contribution >= 0.6 is 0 Å². The zero-order valence-corrected chi connectivity index (χ0v) is 19.9. The number of carbonyl (C=O) groups excluding carboxylic acids is 1. The molecule has 0 spiro atoms. The number of fused-ring (bicyclic) bond motifs is 1. The van der Waals surface area contributed by atoms with E-state index in [4.69, 9.17) is 9.47 Å². The van der Waals surface area contributed by atoms with Gasteiger partial charge in [-0.15, -0.1) is 0 Å². The number of non-ortho nitro benzene ring substituents is 1. The first kappa shape index (κ1) is 25.5. The number of methoxy groups -OCH3 is 1. The Hall–Kier alpha value is -4.55. The van der Waals surface area contributed by atoms with E-state index in [1.165, 1.54) is 30.0 Å². The average Bonchev–Trinajstić information content (AvgIpc) is 3.29. The van der Waals surface area contributed by atoms with Crippen molar-refractivity contribution in [2.45, 2.75) is 33.0 Å². The monoisotopic (exact) mass is 508 g/mol. The standard InChI is InChI=1S/C25H24N4O8/c1-36-24(32)20-13-26(12-11-17-7-9-19(10-8-17)29(34)35)22-21(20)23(31)28(25(33)27(22)15-30)16-37-14-18-5-3-2-4-6-18/h2-10,13,30H,11-12,14-16H2,1H3. The second-order valence-electron chi connectivity index (χ2n) is 8.15. The van der Waals surface area contributed by atoms with Gasteiger partial charge in [0.1, 0.15) is 19.1 Å². The predicted molar refractivity (Wildman–Crippen MR) is 132 cm³/mol. The number of nitro groups is 1. The molecule has 2 aromatic heterocycles. The fraction of sp³-hybridized carbons (Fsp3) is 0.240. The molecule has 0 aliphatic heterocycles. The highest BCUT2D eigenvalue weighted by Gasteiger charge is 2.24. The number of nitro benzene ring substituents is 1. The summed E-state index contributed by atoms with van der Waals surface area (Å²) in [7, 11) is 1.17. The first-order valence-corrected chi connectivity index (χ1v) is 11.3. The minimum atomic E-state index is -0.806. The van der Waals surface area contributed by atoms with Crippen LogP contribution in [0.3, 0.4) is 0 Å². The Kier molecular flexibility index (Phi) is 7.60. The zero-order chi connectivity index (χ0) is 26.5. The van der Waals surface area contributed by atoms with E-state index in [1.54, 1.807) is 12.1 Å². The number of carbonyl (C=O) groups is 1. The van der Waals surface area contributed by atoms with Crippen LogP contribution in [-0.2, 0) is 42.5 Å². The van der Waals surface area contributed by atoms with E-state index in [2.05, 4.69) is 0 Å². The van der Waals surface area contributed by atoms with Gasteiger partial charge in [0.2, 0.25) is 0 Å². The van der Waals surface area contributed by atoms with Gasteiger partial charge in [0.15, 0.2) is 0 Å². The lowest BCUT2D eigenvalue weighted by atomic mass is 10.1. The Balaban J connectivity index is 1.73. The number of benzene rings is 2. The molecule has 0 radical (unpaired) electrons. The largest absolute Gasteiger partial charge is 0.465 e. The molecule has 0 aliphatic carbocycles. The molecule has 0 unspecified atom stereocenters. The molecular weight excluding hydrogens is 484 g/mol. The molecule has 0 saturated carbocycles. The van der Waals surface area contributed by atoms with Crippen LogP contribution in [0.4, 0.5) is 5.69 Å². The van der Waals surface area contributed by atoms with Crippen LogP contribution in [-0.4, -0.2) is 36.8 Å². The van der Waals surface area contributed by atoms with Gasteiger partial charge in [-0.2, -0.15) is 0 Å². The topological polar surface area (TPSA) is 148 Å². The molecule has 37 heavy (non-hydrogen) atoms. The van der Waals surface area contributed by atoms with Crippen molar-refractivity contribution in [3.05, 3.63) is 108 Å². The molecule has 12 heteroatoms. The number of esters is 1. The summed E-state index contributed by atoms with van der Waals surface area (Å²) in [5.74, 6) is -0.781. The summed E-state index contributed by atoms with van der Waals surface area (Å²) in [6.07, 6.45) is 1.76. The summed E-state index contributed by atoms with van der Waals surface area (Å²) in [6, 6.07) is 15.1. The molecule has 0 amide bonds. The molecule has 0 fully saturated rings. The molecule has 4 rings (SSSR count). The summed E-state index contributed by atoms with van der Waals surface area (Å²) in [5.41, 5.74) is -0.0255. The summed E-state index contributed by atoms with van der Waals surface area (Å²) in [6.45, 7) is -0.795. The van der Waals surface area contributed by atoms with Crippen LogP contribution in [0, 0.1) is 10.1 Å². The van der Waals surface area contributed by atoms with Gasteiger partial charge in [0.05, 0.1) is 29.6 Å². The zero-order valence-electron chi connectivity index (χ0n) is 19.9. The van der Waals surface area contributed by atoms with Crippen molar-refractivity contribution >= 4 is 22.7 Å². The fourth-order valence-electron chi connectivity index (χ4n) is 4.04. The van der Waals surface area contributed by atoms with E-state index in [-0.39, 0.29) is 35.4 Å².